The first-order chi connectivity index (χ1) is 16.5. The lowest BCUT2D eigenvalue weighted by Crippen LogP contribution is -2.13. The predicted octanol–water partition coefficient (Wildman–Crippen LogP) is 5.28. The molecule has 0 amide bonds. The fourth-order valence-electron chi connectivity index (χ4n) is 3.61. The molecule has 172 valence electrons. The highest BCUT2D eigenvalue weighted by Gasteiger charge is 2.23. The molecule has 0 saturated heterocycles. The quantitative estimate of drug-likeness (QED) is 0.210. The number of non-ortho nitro benzene ring substituents is 1. The summed E-state index contributed by atoms with van der Waals surface area (Å²) in [5.41, 5.74) is 2.39. The van der Waals surface area contributed by atoms with Crippen LogP contribution in [-0.2, 0) is 17.1 Å². The number of rotatable bonds is 6. The molecule has 3 aromatic carbocycles. The molecule has 1 aliphatic rings. The van der Waals surface area contributed by atoms with E-state index in [2.05, 4.69) is 10.2 Å². The number of aromatic nitrogens is 3. The van der Waals surface area contributed by atoms with Gasteiger partial charge in [0.1, 0.15) is 17.4 Å². The third-order valence-electron chi connectivity index (χ3n) is 5.16. The Kier molecular flexibility index (Phi) is 5.95. The summed E-state index contributed by atoms with van der Waals surface area (Å²) in [5.74, 6) is 0.519. The van der Waals surface area contributed by atoms with E-state index < -0.39 is 10.7 Å². The minimum Gasteiger partial charge on any atom is -0.467 e. The molecule has 0 N–H and O–H groups in total. The van der Waals surface area contributed by atoms with E-state index in [0.717, 1.165) is 0 Å². The average molecular weight is 482 g/mol. The van der Waals surface area contributed by atoms with Crippen molar-refractivity contribution < 1.29 is 23.2 Å². The van der Waals surface area contributed by atoms with Gasteiger partial charge in [0.05, 0.1) is 11.5 Å². The number of halogens is 2. The van der Waals surface area contributed by atoms with Crippen LogP contribution in [0.2, 0.25) is 0 Å². The summed E-state index contributed by atoms with van der Waals surface area (Å²) in [6.07, 6.45) is 0. The predicted molar refractivity (Wildman–Crippen MR) is 120 cm³/mol. The van der Waals surface area contributed by atoms with E-state index in [9.17, 15) is 18.9 Å². The van der Waals surface area contributed by atoms with E-state index in [0.29, 0.717) is 44.9 Å². The lowest BCUT2D eigenvalue weighted by molar-refractivity contribution is -0.385. The molecule has 0 aliphatic carbocycles. The van der Waals surface area contributed by atoms with E-state index in [1.54, 1.807) is 28.8 Å². The maximum Gasteiger partial charge on any atom is 0.270 e. The second kappa shape index (κ2) is 9.20. The van der Waals surface area contributed by atoms with Gasteiger partial charge in [-0.15, -0.1) is 10.2 Å². The van der Waals surface area contributed by atoms with Gasteiger partial charge in [0, 0.05) is 40.3 Å². The van der Waals surface area contributed by atoms with Crippen molar-refractivity contribution in [2.75, 3.05) is 6.79 Å². The van der Waals surface area contributed by atoms with Gasteiger partial charge < -0.3 is 9.47 Å². The van der Waals surface area contributed by atoms with Crippen molar-refractivity contribution in [3.05, 3.63) is 93.5 Å². The van der Waals surface area contributed by atoms with Crippen LogP contribution in [0.15, 0.2) is 65.8 Å². The number of nitro groups is 1. The molecule has 0 radical (unpaired) electrons. The fraction of sp³-hybridized carbons (Fsp3) is 0.130. The van der Waals surface area contributed by atoms with Crippen LogP contribution < -0.4 is 4.74 Å². The summed E-state index contributed by atoms with van der Waals surface area (Å²) < 4.78 is 39.6. The van der Waals surface area contributed by atoms with Gasteiger partial charge in [0.25, 0.3) is 5.69 Å². The highest BCUT2D eigenvalue weighted by atomic mass is 32.2. The molecule has 11 heteroatoms. The standard InChI is InChI=1S/C23H16F2N4O4S/c24-17-3-1-14(2-4-17)22-26-27-23(28(22)19-7-5-18(25)6-8-19)34-12-16-10-20(29(30)31)9-15-11-32-13-33-21(15)16/h1-10H,11-13H2. The zero-order chi connectivity index (χ0) is 23.7. The monoisotopic (exact) mass is 482 g/mol. The van der Waals surface area contributed by atoms with Crippen molar-refractivity contribution in [1.82, 2.24) is 14.8 Å². The molecule has 5 rings (SSSR count). The molecule has 1 aromatic heterocycles. The van der Waals surface area contributed by atoms with Crippen LogP contribution in [-0.4, -0.2) is 26.5 Å². The third kappa shape index (κ3) is 4.35. The Morgan fingerprint density at radius 3 is 2.44 bits per heavy atom. The van der Waals surface area contributed by atoms with Gasteiger partial charge in [-0.05, 0) is 48.5 Å². The van der Waals surface area contributed by atoms with E-state index >= 15 is 0 Å². The maximum atomic E-state index is 13.6. The highest BCUT2D eigenvalue weighted by Crippen LogP contribution is 2.37. The number of fused-ring (bicyclic) bond motifs is 1. The van der Waals surface area contributed by atoms with Crippen LogP contribution >= 0.6 is 11.8 Å². The lowest BCUT2D eigenvalue weighted by Gasteiger charge is -2.20. The van der Waals surface area contributed by atoms with Crippen molar-refractivity contribution in [1.29, 1.82) is 0 Å². The molecule has 0 fully saturated rings. The number of nitro benzene ring substituents is 1. The van der Waals surface area contributed by atoms with Crippen LogP contribution in [0.1, 0.15) is 11.1 Å². The van der Waals surface area contributed by atoms with Gasteiger partial charge in [-0.1, -0.05) is 11.8 Å². The molecule has 0 unspecified atom stereocenters. The first-order valence-corrected chi connectivity index (χ1v) is 11.1. The SMILES string of the molecule is O=[N+]([O-])c1cc2c(c(CSc3nnc(-c4ccc(F)cc4)n3-c3ccc(F)cc3)c1)OCOC2. The van der Waals surface area contributed by atoms with E-state index in [1.807, 2.05) is 0 Å². The molecule has 2 heterocycles. The minimum absolute atomic E-state index is 0.0585. The molecular formula is C23H16F2N4O4S. The van der Waals surface area contributed by atoms with Crippen LogP contribution in [0.5, 0.6) is 5.75 Å². The van der Waals surface area contributed by atoms with Crippen molar-refractivity contribution in [2.24, 2.45) is 0 Å². The fourth-order valence-corrected chi connectivity index (χ4v) is 4.53. The summed E-state index contributed by atoms with van der Waals surface area (Å²) in [7, 11) is 0. The summed E-state index contributed by atoms with van der Waals surface area (Å²) in [5, 5.41) is 20.4. The summed E-state index contributed by atoms with van der Waals surface area (Å²) >= 11 is 1.29. The van der Waals surface area contributed by atoms with Gasteiger partial charge >= 0.3 is 0 Å². The second-order valence-corrected chi connectivity index (χ2v) is 8.32. The van der Waals surface area contributed by atoms with E-state index in [-0.39, 0.29) is 24.9 Å². The number of hydrogen-bond donors (Lipinski definition) is 0. The number of benzene rings is 3. The van der Waals surface area contributed by atoms with Gasteiger partial charge in [0.2, 0.25) is 0 Å². The van der Waals surface area contributed by atoms with E-state index in [4.69, 9.17) is 9.47 Å². The zero-order valence-electron chi connectivity index (χ0n) is 17.5. The molecule has 8 nitrogen and oxygen atoms in total. The molecule has 0 bridgehead atoms. The molecule has 1 aliphatic heterocycles. The van der Waals surface area contributed by atoms with Crippen molar-refractivity contribution in [3.8, 4) is 22.8 Å². The first kappa shape index (κ1) is 22.0. The Morgan fingerprint density at radius 1 is 1.03 bits per heavy atom. The lowest BCUT2D eigenvalue weighted by atomic mass is 10.1. The van der Waals surface area contributed by atoms with Gasteiger partial charge in [0.15, 0.2) is 17.8 Å². The Hall–Kier alpha value is -3.83. The second-order valence-electron chi connectivity index (χ2n) is 7.37. The largest absolute Gasteiger partial charge is 0.467 e. The molecule has 0 saturated carbocycles. The summed E-state index contributed by atoms with van der Waals surface area (Å²) in [4.78, 5) is 10.9. The minimum atomic E-state index is -0.462. The first-order valence-electron chi connectivity index (χ1n) is 10.1. The molecular weight excluding hydrogens is 466 g/mol. The van der Waals surface area contributed by atoms with Crippen molar-refractivity contribution >= 4 is 17.4 Å². The average Bonchev–Trinajstić information content (AvgIpc) is 3.27. The summed E-state index contributed by atoms with van der Waals surface area (Å²) in [6.45, 7) is 0.276. The van der Waals surface area contributed by atoms with Crippen molar-refractivity contribution in [2.45, 2.75) is 17.5 Å². The van der Waals surface area contributed by atoms with Gasteiger partial charge in [-0.3, -0.25) is 14.7 Å². The normalized spacial score (nSPS) is 12.8. The van der Waals surface area contributed by atoms with Crippen LogP contribution in [0.25, 0.3) is 17.1 Å². The van der Waals surface area contributed by atoms with Crippen LogP contribution in [0, 0.1) is 21.7 Å². The maximum absolute atomic E-state index is 13.6. The Labute approximate surface area is 196 Å². The number of ether oxygens (including phenoxy) is 2. The van der Waals surface area contributed by atoms with Crippen LogP contribution in [0.4, 0.5) is 14.5 Å². The Morgan fingerprint density at radius 2 is 1.74 bits per heavy atom. The number of hydrogen-bond acceptors (Lipinski definition) is 7. The molecule has 0 atom stereocenters. The molecule has 34 heavy (non-hydrogen) atoms. The van der Waals surface area contributed by atoms with Crippen molar-refractivity contribution in [3.63, 3.8) is 0 Å². The number of thioether (sulfide) groups is 1. The zero-order valence-corrected chi connectivity index (χ0v) is 18.3. The smallest absolute Gasteiger partial charge is 0.270 e. The summed E-state index contributed by atoms with van der Waals surface area (Å²) in [6, 6.07) is 14.5. The Bertz CT molecular complexity index is 1360. The molecule has 4 aromatic rings. The third-order valence-corrected chi connectivity index (χ3v) is 6.14. The van der Waals surface area contributed by atoms with Gasteiger partial charge in [-0.2, -0.15) is 0 Å². The topological polar surface area (TPSA) is 92.3 Å². The number of nitrogens with zero attached hydrogens (tertiary/aromatic N) is 4. The van der Waals surface area contributed by atoms with Gasteiger partial charge in [-0.25, -0.2) is 8.78 Å². The highest BCUT2D eigenvalue weighted by molar-refractivity contribution is 7.98. The van der Waals surface area contributed by atoms with E-state index in [1.165, 1.54) is 48.2 Å². The molecule has 0 spiro atoms. The Balaban J connectivity index is 1.54. The van der Waals surface area contributed by atoms with Crippen LogP contribution in [0.3, 0.4) is 0 Å².